The third kappa shape index (κ3) is 4.53. The number of hydrogen-bond donors (Lipinski definition) is 0. The van der Waals surface area contributed by atoms with Crippen LogP contribution in [0.1, 0.15) is 49.4 Å². The van der Waals surface area contributed by atoms with Crippen LogP contribution in [0.25, 0.3) is 22.0 Å². The van der Waals surface area contributed by atoms with Gasteiger partial charge in [-0.3, -0.25) is 4.57 Å². The molecule has 7 heteroatoms. The first-order valence-electron chi connectivity index (χ1n) is 10.2. The summed E-state index contributed by atoms with van der Waals surface area (Å²) in [7, 11) is 0. The van der Waals surface area contributed by atoms with Gasteiger partial charge < -0.3 is 0 Å². The number of thiophene rings is 1. The van der Waals surface area contributed by atoms with E-state index in [1.165, 1.54) is 21.6 Å². The summed E-state index contributed by atoms with van der Waals surface area (Å²) in [4.78, 5) is 6.27. The van der Waals surface area contributed by atoms with E-state index >= 15 is 0 Å². The standard InChI is InChI=1S/C23H26N4S3/c1-5-8-19-11-17(12-28-19)21-25-26-23(27(21)15(2)3)30-14-18-13-29-22(24-18)20-10-7-6-9-16(20)4/h6-7,9-13,15H,5,8,14H2,1-4H3. The summed E-state index contributed by atoms with van der Waals surface area (Å²) in [6.45, 7) is 8.73. The van der Waals surface area contributed by atoms with Crippen LogP contribution in [0.15, 0.2) is 46.2 Å². The Labute approximate surface area is 190 Å². The molecule has 0 N–H and O–H groups in total. The van der Waals surface area contributed by atoms with E-state index in [1.807, 2.05) is 11.3 Å². The highest BCUT2D eigenvalue weighted by Gasteiger charge is 2.18. The smallest absolute Gasteiger partial charge is 0.192 e. The molecule has 0 bridgehead atoms. The van der Waals surface area contributed by atoms with Crippen molar-refractivity contribution < 1.29 is 0 Å². The zero-order valence-electron chi connectivity index (χ0n) is 17.8. The molecule has 4 rings (SSSR count). The Hall–Kier alpha value is -1.96. The van der Waals surface area contributed by atoms with Gasteiger partial charge in [0, 0.05) is 38.6 Å². The number of rotatable bonds is 8. The van der Waals surface area contributed by atoms with E-state index in [0.717, 1.165) is 40.3 Å². The minimum absolute atomic E-state index is 0.296. The van der Waals surface area contributed by atoms with Gasteiger partial charge in [-0.05, 0) is 38.8 Å². The second-order valence-electron chi connectivity index (χ2n) is 7.57. The van der Waals surface area contributed by atoms with Gasteiger partial charge in [0.1, 0.15) is 5.01 Å². The molecule has 0 radical (unpaired) electrons. The minimum atomic E-state index is 0.296. The molecule has 0 spiro atoms. The summed E-state index contributed by atoms with van der Waals surface area (Å²) in [5.74, 6) is 1.75. The van der Waals surface area contributed by atoms with Gasteiger partial charge in [0.25, 0.3) is 0 Å². The molecule has 3 heterocycles. The maximum atomic E-state index is 4.86. The van der Waals surface area contributed by atoms with Gasteiger partial charge in [0.05, 0.1) is 5.69 Å². The van der Waals surface area contributed by atoms with Crippen LogP contribution < -0.4 is 0 Å². The molecule has 0 unspecified atom stereocenters. The van der Waals surface area contributed by atoms with Crippen LogP contribution in [-0.4, -0.2) is 19.7 Å². The molecule has 0 aliphatic carbocycles. The zero-order valence-corrected chi connectivity index (χ0v) is 20.2. The Morgan fingerprint density at radius 2 is 1.93 bits per heavy atom. The molecule has 156 valence electrons. The third-order valence-corrected chi connectivity index (χ3v) is 7.76. The van der Waals surface area contributed by atoms with Gasteiger partial charge >= 0.3 is 0 Å². The predicted molar refractivity (Wildman–Crippen MR) is 130 cm³/mol. The van der Waals surface area contributed by atoms with Gasteiger partial charge in [-0.1, -0.05) is 49.4 Å². The number of thiazole rings is 1. The Kier molecular flexibility index (Phi) is 6.71. The highest BCUT2D eigenvalue weighted by Crippen LogP contribution is 2.33. The lowest BCUT2D eigenvalue weighted by Gasteiger charge is -2.12. The molecule has 0 amide bonds. The molecular weight excluding hydrogens is 428 g/mol. The van der Waals surface area contributed by atoms with Crippen molar-refractivity contribution in [3.05, 3.63) is 57.2 Å². The average Bonchev–Trinajstić information content (AvgIpc) is 3.46. The van der Waals surface area contributed by atoms with Gasteiger partial charge in [0.15, 0.2) is 11.0 Å². The SMILES string of the molecule is CCCc1cc(-c2nnc(SCc3csc(-c4ccccc4C)n3)n2C(C)C)cs1. The van der Waals surface area contributed by atoms with Crippen molar-refractivity contribution in [1.82, 2.24) is 19.7 Å². The molecule has 30 heavy (non-hydrogen) atoms. The summed E-state index contributed by atoms with van der Waals surface area (Å²) in [6, 6.07) is 11.0. The fourth-order valence-electron chi connectivity index (χ4n) is 3.36. The fraction of sp³-hybridized carbons (Fsp3) is 0.348. The van der Waals surface area contributed by atoms with E-state index in [9.17, 15) is 0 Å². The third-order valence-electron chi connectivity index (χ3n) is 4.87. The Bertz CT molecular complexity index is 1120. The fourth-order valence-corrected chi connectivity index (χ4v) is 6.31. The summed E-state index contributed by atoms with van der Waals surface area (Å²) in [5, 5.41) is 15.5. The number of benzene rings is 1. The van der Waals surface area contributed by atoms with Crippen molar-refractivity contribution in [3.63, 3.8) is 0 Å². The lowest BCUT2D eigenvalue weighted by molar-refractivity contribution is 0.555. The van der Waals surface area contributed by atoms with Crippen molar-refractivity contribution in [1.29, 1.82) is 0 Å². The quantitative estimate of drug-likeness (QED) is 0.263. The second kappa shape index (κ2) is 9.45. The highest BCUT2D eigenvalue weighted by atomic mass is 32.2. The first kappa shape index (κ1) is 21.3. The van der Waals surface area contributed by atoms with Crippen LogP contribution in [-0.2, 0) is 12.2 Å². The maximum Gasteiger partial charge on any atom is 0.192 e. The van der Waals surface area contributed by atoms with Crippen LogP contribution >= 0.6 is 34.4 Å². The molecule has 0 aliphatic heterocycles. The van der Waals surface area contributed by atoms with Crippen LogP contribution in [0.3, 0.4) is 0 Å². The number of hydrogen-bond acceptors (Lipinski definition) is 6. The number of thioether (sulfide) groups is 1. The lowest BCUT2D eigenvalue weighted by Crippen LogP contribution is -2.04. The van der Waals surface area contributed by atoms with E-state index in [2.05, 4.69) is 83.6 Å². The van der Waals surface area contributed by atoms with E-state index < -0.39 is 0 Å². The second-order valence-corrected chi connectivity index (χ2v) is 10.4. The average molecular weight is 455 g/mol. The van der Waals surface area contributed by atoms with Gasteiger partial charge in [-0.15, -0.1) is 32.9 Å². The first-order valence-corrected chi connectivity index (χ1v) is 13.0. The molecule has 0 saturated heterocycles. The van der Waals surface area contributed by atoms with Crippen molar-refractivity contribution in [2.75, 3.05) is 0 Å². The van der Waals surface area contributed by atoms with Crippen molar-refractivity contribution in [2.24, 2.45) is 0 Å². The molecule has 4 aromatic rings. The van der Waals surface area contributed by atoms with Crippen LogP contribution in [0.4, 0.5) is 0 Å². The molecule has 0 saturated carbocycles. The molecule has 0 aliphatic rings. The summed E-state index contributed by atoms with van der Waals surface area (Å²) >= 11 is 5.23. The Balaban J connectivity index is 1.53. The Morgan fingerprint density at radius 1 is 1.10 bits per heavy atom. The van der Waals surface area contributed by atoms with E-state index in [-0.39, 0.29) is 0 Å². The summed E-state index contributed by atoms with van der Waals surface area (Å²) in [5.41, 5.74) is 4.73. The first-order chi connectivity index (χ1) is 14.6. The van der Waals surface area contributed by atoms with Gasteiger partial charge in [-0.25, -0.2) is 4.98 Å². The number of aromatic nitrogens is 4. The van der Waals surface area contributed by atoms with Gasteiger partial charge in [-0.2, -0.15) is 0 Å². The molecule has 0 fully saturated rings. The lowest BCUT2D eigenvalue weighted by atomic mass is 10.1. The van der Waals surface area contributed by atoms with E-state index in [0.29, 0.717) is 6.04 Å². The molecule has 0 atom stereocenters. The molecular formula is C23H26N4S3. The largest absolute Gasteiger partial charge is 0.299 e. The topological polar surface area (TPSA) is 43.6 Å². The van der Waals surface area contributed by atoms with Gasteiger partial charge in [0.2, 0.25) is 0 Å². The van der Waals surface area contributed by atoms with Crippen molar-refractivity contribution >= 4 is 34.4 Å². The van der Waals surface area contributed by atoms with Crippen LogP contribution in [0, 0.1) is 6.92 Å². The van der Waals surface area contributed by atoms with E-state index in [1.54, 1.807) is 23.1 Å². The summed E-state index contributed by atoms with van der Waals surface area (Å²) < 4.78 is 2.25. The predicted octanol–water partition coefficient (Wildman–Crippen LogP) is 7.26. The Morgan fingerprint density at radius 3 is 2.70 bits per heavy atom. The molecule has 1 aromatic carbocycles. The monoisotopic (exact) mass is 454 g/mol. The van der Waals surface area contributed by atoms with E-state index in [4.69, 9.17) is 4.98 Å². The van der Waals surface area contributed by atoms with Crippen molar-refractivity contribution in [3.8, 4) is 22.0 Å². The highest BCUT2D eigenvalue weighted by molar-refractivity contribution is 7.98. The van der Waals surface area contributed by atoms with Crippen molar-refractivity contribution in [2.45, 2.75) is 57.5 Å². The molecule has 4 nitrogen and oxygen atoms in total. The maximum absolute atomic E-state index is 4.86. The number of nitrogens with zero attached hydrogens (tertiary/aromatic N) is 4. The minimum Gasteiger partial charge on any atom is -0.299 e. The van der Waals surface area contributed by atoms with Crippen LogP contribution in [0.2, 0.25) is 0 Å². The van der Waals surface area contributed by atoms with Crippen LogP contribution in [0.5, 0.6) is 0 Å². The number of aryl methyl sites for hydroxylation is 2. The summed E-state index contributed by atoms with van der Waals surface area (Å²) in [6.07, 6.45) is 2.28. The zero-order chi connectivity index (χ0) is 21.1. The normalized spacial score (nSPS) is 11.5. The molecule has 3 aromatic heterocycles.